The van der Waals surface area contributed by atoms with E-state index in [1.807, 2.05) is 13.8 Å². The Morgan fingerprint density at radius 1 is 1.03 bits per heavy atom. The van der Waals surface area contributed by atoms with E-state index in [1.54, 1.807) is 0 Å². The molecule has 1 aromatic heterocycles. The zero-order valence-corrected chi connectivity index (χ0v) is 19.5. The Morgan fingerprint density at radius 3 is 2.41 bits per heavy atom. The van der Waals surface area contributed by atoms with Crippen molar-refractivity contribution in [2.45, 2.75) is 53.0 Å². The predicted octanol–water partition coefficient (Wildman–Crippen LogP) is 6.00. The van der Waals surface area contributed by atoms with Gasteiger partial charge in [-0.25, -0.2) is 4.79 Å². The van der Waals surface area contributed by atoms with Gasteiger partial charge in [0.05, 0.1) is 5.41 Å². The first-order chi connectivity index (χ1) is 15.3. The van der Waals surface area contributed by atoms with Crippen LogP contribution in [0.5, 0.6) is 0 Å². The van der Waals surface area contributed by atoms with Crippen LogP contribution in [0.25, 0.3) is 21.8 Å². The van der Waals surface area contributed by atoms with Gasteiger partial charge in [-0.3, -0.25) is 4.79 Å². The molecule has 0 bridgehead atoms. The summed E-state index contributed by atoms with van der Waals surface area (Å²) in [6, 6.07) is 15.2. The molecule has 2 aromatic carbocycles. The number of ether oxygens (including phenoxy) is 2. The Balaban J connectivity index is 1.78. The van der Waals surface area contributed by atoms with Crippen molar-refractivity contribution in [1.29, 1.82) is 0 Å². The van der Waals surface area contributed by atoms with Crippen LogP contribution in [0.3, 0.4) is 0 Å². The molecule has 0 N–H and O–H groups in total. The average molecular weight is 436 g/mol. The summed E-state index contributed by atoms with van der Waals surface area (Å²) in [7, 11) is 0. The van der Waals surface area contributed by atoms with E-state index >= 15 is 0 Å². The highest BCUT2D eigenvalue weighted by atomic mass is 16.6. The standard InChI is InChI=1S/C27H33NO4/c1-6-19(18-27(4,5)26(30)32-16-15-31-25(29)7-2)20-13-14-24-22(17-20)21-11-9-10-12-23(21)28(24)8-3/h7,9-14,17,19H,2,6,8,15-16,18H2,1,3-5H3. The lowest BCUT2D eigenvalue weighted by Crippen LogP contribution is -2.30. The van der Waals surface area contributed by atoms with Gasteiger partial charge in [-0.05, 0) is 63.3 Å². The van der Waals surface area contributed by atoms with Crippen molar-refractivity contribution >= 4 is 33.7 Å². The topological polar surface area (TPSA) is 57.5 Å². The molecule has 1 heterocycles. The van der Waals surface area contributed by atoms with Crippen molar-refractivity contribution in [2.75, 3.05) is 13.2 Å². The summed E-state index contributed by atoms with van der Waals surface area (Å²) in [4.78, 5) is 23.8. The van der Waals surface area contributed by atoms with E-state index in [9.17, 15) is 9.59 Å². The Bertz CT molecular complexity index is 1130. The maximum atomic E-state index is 12.7. The molecule has 1 unspecified atom stereocenters. The molecule has 0 amide bonds. The van der Waals surface area contributed by atoms with Crippen molar-refractivity contribution in [1.82, 2.24) is 4.57 Å². The molecule has 0 spiro atoms. The lowest BCUT2D eigenvalue weighted by atomic mass is 9.78. The molecule has 0 fully saturated rings. The summed E-state index contributed by atoms with van der Waals surface area (Å²) in [5.41, 5.74) is 3.06. The van der Waals surface area contributed by atoms with Crippen LogP contribution in [0.1, 0.15) is 52.0 Å². The number of fused-ring (bicyclic) bond motifs is 3. The molecule has 3 rings (SSSR count). The molecular formula is C27H33NO4. The highest BCUT2D eigenvalue weighted by Crippen LogP contribution is 2.37. The summed E-state index contributed by atoms with van der Waals surface area (Å²) < 4.78 is 12.6. The number of nitrogens with zero attached hydrogens (tertiary/aromatic N) is 1. The van der Waals surface area contributed by atoms with Gasteiger partial charge in [-0.1, -0.05) is 37.8 Å². The van der Waals surface area contributed by atoms with E-state index in [4.69, 9.17) is 9.47 Å². The predicted molar refractivity (Wildman–Crippen MR) is 129 cm³/mol. The van der Waals surface area contributed by atoms with Crippen LogP contribution in [-0.4, -0.2) is 29.7 Å². The third-order valence-corrected chi connectivity index (χ3v) is 6.11. The first kappa shape index (κ1) is 23.6. The number of benzene rings is 2. The fourth-order valence-electron chi connectivity index (χ4n) is 4.39. The van der Waals surface area contributed by atoms with Crippen LogP contribution in [-0.2, 0) is 25.6 Å². The van der Waals surface area contributed by atoms with E-state index in [0.717, 1.165) is 19.0 Å². The molecular weight excluding hydrogens is 402 g/mol. The van der Waals surface area contributed by atoms with Gasteiger partial charge in [0.1, 0.15) is 13.2 Å². The van der Waals surface area contributed by atoms with Gasteiger partial charge in [0.15, 0.2) is 0 Å². The normalized spacial score (nSPS) is 12.6. The van der Waals surface area contributed by atoms with E-state index in [1.165, 1.54) is 27.4 Å². The monoisotopic (exact) mass is 435 g/mol. The van der Waals surface area contributed by atoms with Crippen molar-refractivity contribution in [3.8, 4) is 0 Å². The highest BCUT2D eigenvalue weighted by Gasteiger charge is 2.32. The molecule has 32 heavy (non-hydrogen) atoms. The lowest BCUT2D eigenvalue weighted by molar-refractivity contribution is -0.158. The Kier molecular flexibility index (Phi) is 7.39. The van der Waals surface area contributed by atoms with E-state index in [2.05, 4.69) is 67.5 Å². The second-order valence-corrected chi connectivity index (χ2v) is 8.74. The van der Waals surface area contributed by atoms with Crippen molar-refractivity contribution in [2.24, 2.45) is 5.41 Å². The minimum absolute atomic E-state index is 0.0298. The number of hydrogen-bond donors (Lipinski definition) is 0. The van der Waals surface area contributed by atoms with Gasteiger partial charge in [-0.15, -0.1) is 0 Å². The zero-order valence-electron chi connectivity index (χ0n) is 19.5. The SMILES string of the molecule is C=CC(=O)OCCOC(=O)C(C)(C)CC(CC)c1ccc2c(c1)c1ccccc1n2CC. The minimum atomic E-state index is -0.657. The lowest BCUT2D eigenvalue weighted by Gasteiger charge is -2.28. The summed E-state index contributed by atoms with van der Waals surface area (Å²) >= 11 is 0. The van der Waals surface area contributed by atoms with Crippen LogP contribution < -0.4 is 0 Å². The van der Waals surface area contributed by atoms with Gasteiger partial charge in [0.25, 0.3) is 0 Å². The van der Waals surface area contributed by atoms with Crippen LogP contribution in [0.2, 0.25) is 0 Å². The number of hydrogen-bond acceptors (Lipinski definition) is 4. The molecule has 5 nitrogen and oxygen atoms in total. The largest absolute Gasteiger partial charge is 0.462 e. The van der Waals surface area contributed by atoms with Gasteiger partial charge in [0, 0.05) is 34.4 Å². The molecule has 0 saturated heterocycles. The number of esters is 2. The van der Waals surface area contributed by atoms with Crippen molar-refractivity contribution in [3.05, 3.63) is 60.7 Å². The first-order valence-corrected chi connectivity index (χ1v) is 11.3. The second kappa shape index (κ2) is 10.0. The molecule has 3 aromatic rings. The fraction of sp³-hybridized carbons (Fsp3) is 0.407. The maximum Gasteiger partial charge on any atom is 0.330 e. The molecule has 0 radical (unpaired) electrons. The molecule has 5 heteroatoms. The van der Waals surface area contributed by atoms with Crippen LogP contribution in [0.15, 0.2) is 55.1 Å². The number of rotatable bonds is 10. The summed E-state index contributed by atoms with van der Waals surface area (Å²) in [5.74, 6) is -0.579. The Labute approximate surface area is 190 Å². The zero-order chi connectivity index (χ0) is 23.3. The Hall–Kier alpha value is -3.08. The third-order valence-electron chi connectivity index (χ3n) is 6.11. The summed E-state index contributed by atoms with van der Waals surface area (Å²) in [5, 5.41) is 2.51. The van der Waals surface area contributed by atoms with Crippen molar-refractivity contribution in [3.63, 3.8) is 0 Å². The third kappa shape index (κ3) is 4.87. The number of carbonyl (C=O) groups excluding carboxylic acids is 2. The quantitative estimate of drug-likeness (QED) is 0.223. The van der Waals surface area contributed by atoms with Crippen LogP contribution >= 0.6 is 0 Å². The molecule has 0 aliphatic heterocycles. The molecule has 0 saturated carbocycles. The maximum absolute atomic E-state index is 12.7. The molecule has 0 aliphatic carbocycles. The van der Waals surface area contributed by atoms with E-state index < -0.39 is 11.4 Å². The van der Waals surface area contributed by atoms with Crippen LogP contribution in [0, 0.1) is 5.41 Å². The summed E-state index contributed by atoms with van der Waals surface area (Å²) in [6.45, 7) is 12.5. The Morgan fingerprint density at radius 2 is 1.72 bits per heavy atom. The van der Waals surface area contributed by atoms with E-state index in [-0.39, 0.29) is 25.1 Å². The second-order valence-electron chi connectivity index (χ2n) is 8.74. The molecule has 1 atom stereocenters. The fourth-order valence-corrected chi connectivity index (χ4v) is 4.39. The van der Waals surface area contributed by atoms with Gasteiger partial charge in [0.2, 0.25) is 0 Å². The van der Waals surface area contributed by atoms with Crippen molar-refractivity contribution < 1.29 is 19.1 Å². The minimum Gasteiger partial charge on any atom is -0.462 e. The van der Waals surface area contributed by atoms with Crippen LogP contribution in [0.4, 0.5) is 0 Å². The van der Waals surface area contributed by atoms with Gasteiger partial charge in [-0.2, -0.15) is 0 Å². The average Bonchev–Trinajstić information content (AvgIpc) is 3.12. The smallest absolute Gasteiger partial charge is 0.330 e. The number of aryl methyl sites for hydroxylation is 1. The number of para-hydroxylation sites is 1. The number of carbonyl (C=O) groups is 2. The van der Waals surface area contributed by atoms with E-state index in [0.29, 0.717) is 6.42 Å². The molecule has 170 valence electrons. The molecule has 0 aliphatic rings. The number of aromatic nitrogens is 1. The first-order valence-electron chi connectivity index (χ1n) is 11.3. The van der Waals surface area contributed by atoms with Gasteiger partial charge < -0.3 is 14.0 Å². The van der Waals surface area contributed by atoms with Gasteiger partial charge >= 0.3 is 11.9 Å². The highest BCUT2D eigenvalue weighted by molar-refractivity contribution is 6.08. The summed E-state index contributed by atoms with van der Waals surface area (Å²) in [6.07, 6.45) is 2.69.